The van der Waals surface area contributed by atoms with Crippen LogP contribution in [0.25, 0.3) is 0 Å². The maximum atomic E-state index is 11.8. The molecule has 0 aliphatic carbocycles. The van der Waals surface area contributed by atoms with Gasteiger partial charge in [-0.2, -0.15) is 0 Å². The van der Waals surface area contributed by atoms with Gasteiger partial charge in [0.2, 0.25) is 0 Å². The van der Waals surface area contributed by atoms with E-state index in [0.29, 0.717) is 23.2 Å². The molecule has 0 heterocycles. The SMILES string of the molecule is CS(=O)CCCNC(=O)c1ccc(Br)c(S(=O)(=O)Cl)c1. The third kappa shape index (κ3) is 5.51. The number of carbonyl (C=O) groups is 1. The van der Waals surface area contributed by atoms with Crippen LogP contribution >= 0.6 is 26.6 Å². The minimum Gasteiger partial charge on any atom is -0.352 e. The van der Waals surface area contributed by atoms with E-state index in [9.17, 15) is 17.4 Å². The summed E-state index contributed by atoms with van der Waals surface area (Å²) in [4.78, 5) is 11.7. The van der Waals surface area contributed by atoms with Gasteiger partial charge >= 0.3 is 0 Å². The molecule has 1 aromatic carbocycles. The molecule has 1 atom stereocenters. The van der Waals surface area contributed by atoms with Gasteiger partial charge < -0.3 is 5.32 Å². The molecule has 0 aliphatic heterocycles. The third-order valence-electron chi connectivity index (χ3n) is 2.35. The molecule has 0 saturated heterocycles. The molecule has 0 aromatic heterocycles. The van der Waals surface area contributed by atoms with Crippen LogP contribution in [0.5, 0.6) is 0 Å². The lowest BCUT2D eigenvalue weighted by molar-refractivity contribution is 0.0953. The fourth-order valence-electron chi connectivity index (χ4n) is 1.41. The zero-order valence-electron chi connectivity index (χ0n) is 10.6. The van der Waals surface area contributed by atoms with Gasteiger partial charge in [0.25, 0.3) is 15.0 Å². The second kappa shape index (κ2) is 7.53. The molecule has 1 N–H and O–H groups in total. The van der Waals surface area contributed by atoms with Crippen LogP contribution in [0.1, 0.15) is 16.8 Å². The number of nitrogens with one attached hydrogen (secondary N) is 1. The molecule has 0 aliphatic rings. The maximum absolute atomic E-state index is 11.8. The first-order chi connectivity index (χ1) is 9.21. The van der Waals surface area contributed by atoms with Crippen molar-refractivity contribution in [3.05, 3.63) is 28.2 Å². The summed E-state index contributed by atoms with van der Waals surface area (Å²) in [6, 6.07) is 4.15. The summed E-state index contributed by atoms with van der Waals surface area (Å²) in [6.45, 7) is 0.372. The lowest BCUT2D eigenvalue weighted by Crippen LogP contribution is -2.25. The first-order valence-electron chi connectivity index (χ1n) is 5.54. The van der Waals surface area contributed by atoms with Gasteiger partial charge in [-0.3, -0.25) is 9.00 Å². The molecule has 0 saturated carbocycles. The quantitative estimate of drug-likeness (QED) is 0.582. The van der Waals surface area contributed by atoms with Crippen molar-refractivity contribution in [2.45, 2.75) is 11.3 Å². The highest BCUT2D eigenvalue weighted by molar-refractivity contribution is 9.10. The summed E-state index contributed by atoms with van der Waals surface area (Å²) in [5.41, 5.74) is 0.199. The van der Waals surface area contributed by atoms with Gasteiger partial charge in [0, 0.05) is 50.1 Å². The predicted octanol–water partition coefficient (Wildman–Crippen LogP) is 1.87. The molecule has 9 heteroatoms. The number of benzene rings is 1. The van der Waals surface area contributed by atoms with Crippen LogP contribution in [0.2, 0.25) is 0 Å². The minimum absolute atomic E-state index is 0.151. The Balaban J connectivity index is 2.77. The van der Waals surface area contributed by atoms with Gasteiger partial charge in [-0.15, -0.1) is 0 Å². The van der Waals surface area contributed by atoms with Crippen LogP contribution in [-0.2, 0) is 19.9 Å². The summed E-state index contributed by atoms with van der Waals surface area (Å²) in [5.74, 6) is 0.100. The van der Waals surface area contributed by atoms with Gasteiger partial charge in [0.1, 0.15) is 0 Å². The van der Waals surface area contributed by atoms with Crippen molar-refractivity contribution >= 4 is 52.4 Å². The Morgan fingerprint density at radius 1 is 1.45 bits per heavy atom. The van der Waals surface area contributed by atoms with Gasteiger partial charge in [0.05, 0.1) is 4.90 Å². The summed E-state index contributed by atoms with van der Waals surface area (Å²) in [5, 5.41) is 2.63. The number of hydrogen-bond acceptors (Lipinski definition) is 4. The van der Waals surface area contributed by atoms with E-state index in [0.717, 1.165) is 0 Å². The van der Waals surface area contributed by atoms with E-state index < -0.39 is 25.8 Å². The van der Waals surface area contributed by atoms with Crippen molar-refractivity contribution in [1.82, 2.24) is 5.32 Å². The summed E-state index contributed by atoms with van der Waals surface area (Å²) in [7, 11) is 0.460. The number of hydrogen-bond donors (Lipinski definition) is 1. The van der Waals surface area contributed by atoms with Gasteiger partial charge in [0.15, 0.2) is 0 Å². The van der Waals surface area contributed by atoms with E-state index in [1.807, 2.05) is 0 Å². The predicted molar refractivity (Wildman–Crippen MR) is 83.1 cm³/mol. The van der Waals surface area contributed by atoms with Gasteiger partial charge in [-0.05, 0) is 40.5 Å². The molecule has 20 heavy (non-hydrogen) atoms. The first kappa shape index (κ1) is 17.6. The average Bonchev–Trinajstić information content (AvgIpc) is 2.33. The monoisotopic (exact) mass is 401 g/mol. The molecular formula is C11H13BrClNO4S2. The highest BCUT2D eigenvalue weighted by atomic mass is 79.9. The second-order valence-electron chi connectivity index (χ2n) is 3.97. The van der Waals surface area contributed by atoms with E-state index in [1.54, 1.807) is 6.26 Å². The van der Waals surface area contributed by atoms with Crippen LogP contribution in [0, 0.1) is 0 Å². The van der Waals surface area contributed by atoms with Crippen LogP contribution in [0.3, 0.4) is 0 Å². The summed E-state index contributed by atoms with van der Waals surface area (Å²) in [6.07, 6.45) is 2.18. The Hall–Kier alpha value is -0.440. The molecule has 112 valence electrons. The number of rotatable bonds is 6. The summed E-state index contributed by atoms with van der Waals surface area (Å²) < 4.78 is 33.8. The highest BCUT2D eigenvalue weighted by Crippen LogP contribution is 2.26. The number of amides is 1. The molecule has 0 fully saturated rings. The van der Waals surface area contributed by atoms with Crippen molar-refractivity contribution in [3.8, 4) is 0 Å². The van der Waals surface area contributed by atoms with Gasteiger partial charge in [-0.1, -0.05) is 0 Å². The third-order valence-corrected chi connectivity index (χ3v) is 5.53. The second-order valence-corrected chi connectivity index (χ2v) is 8.91. The first-order valence-corrected chi connectivity index (χ1v) is 10.4. The van der Waals surface area contributed by atoms with E-state index in [1.165, 1.54) is 18.2 Å². The van der Waals surface area contributed by atoms with Crippen LogP contribution < -0.4 is 5.32 Å². The van der Waals surface area contributed by atoms with Crippen LogP contribution in [-0.4, -0.2) is 37.1 Å². The minimum atomic E-state index is -3.92. The van der Waals surface area contributed by atoms with Crippen LogP contribution in [0.4, 0.5) is 0 Å². The van der Waals surface area contributed by atoms with Crippen LogP contribution in [0.15, 0.2) is 27.6 Å². The number of halogens is 2. The molecule has 1 aromatic rings. The molecule has 0 bridgehead atoms. The molecule has 5 nitrogen and oxygen atoms in total. The standard InChI is InChI=1S/C11H13BrClNO4S2/c1-19(16)6-2-5-14-11(15)8-3-4-9(12)10(7-8)20(13,17)18/h3-4,7H,2,5-6H2,1H3,(H,14,15). The zero-order valence-corrected chi connectivity index (χ0v) is 14.5. The Morgan fingerprint density at radius 3 is 2.65 bits per heavy atom. The smallest absolute Gasteiger partial charge is 0.262 e. The van der Waals surface area contributed by atoms with Crippen molar-refractivity contribution in [3.63, 3.8) is 0 Å². The fraction of sp³-hybridized carbons (Fsp3) is 0.364. The molecule has 0 spiro atoms. The van der Waals surface area contributed by atoms with Crippen molar-refractivity contribution in [1.29, 1.82) is 0 Å². The topological polar surface area (TPSA) is 80.3 Å². The normalized spacial score (nSPS) is 12.9. The van der Waals surface area contributed by atoms with Crippen molar-refractivity contribution in [2.75, 3.05) is 18.6 Å². The zero-order chi connectivity index (χ0) is 15.3. The lowest BCUT2D eigenvalue weighted by atomic mass is 10.2. The molecule has 1 unspecified atom stereocenters. The summed E-state index contributed by atoms with van der Waals surface area (Å²) >= 11 is 3.07. The number of carbonyl (C=O) groups excluding carboxylic acids is 1. The lowest BCUT2D eigenvalue weighted by Gasteiger charge is -2.07. The average molecular weight is 403 g/mol. The van der Waals surface area contributed by atoms with Crippen molar-refractivity contribution < 1.29 is 17.4 Å². The van der Waals surface area contributed by atoms with Crippen molar-refractivity contribution in [2.24, 2.45) is 0 Å². The van der Waals surface area contributed by atoms with E-state index in [-0.39, 0.29) is 10.5 Å². The largest absolute Gasteiger partial charge is 0.352 e. The fourth-order valence-corrected chi connectivity index (χ4v) is 4.08. The molecule has 1 rings (SSSR count). The molecule has 1 amide bonds. The van der Waals surface area contributed by atoms with Gasteiger partial charge in [-0.25, -0.2) is 8.42 Å². The Bertz CT molecular complexity index is 633. The maximum Gasteiger partial charge on any atom is 0.262 e. The Morgan fingerprint density at radius 2 is 2.10 bits per heavy atom. The molecular weight excluding hydrogens is 390 g/mol. The molecule has 0 radical (unpaired) electrons. The highest BCUT2D eigenvalue weighted by Gasteiger charge is 2.17. The van der Waals surface area contributed by atoms with E-state index in [2.05, 4.69) is 21.2 Å². The Kier molecular flexibility index (Phi) is 6.63. The Labute approximate surface area is 133 Å². The van der Waals surface area contributed by atoms with E-state index >= 15 is 0 Å². The van der Waals surface area contributed by atoms with E-state index in [4.69, 9.17) is 10.7 Å².